The van der Waals surface area contributed by atoms with Gasteiger partial charge in [0.15, 0.2) is 0 Å². The summed E-state index contributed by atoms with van der Waals surface area (Å²) in [5.41, 5.74) is 2.31. The zero-order chi connectivity index (χ0) is 11.1. The van der Waals surface area contributed by atoms with Crippen molar-refractivity contribution in [2.45, 2.75) is 34.2 Å². The topological polar surface area (TPSA) is 24.7 Å². The Bertz CT molecular complexity index is 377. The number of rotatable bonds is 2. The van der Waals surface area contributed by atoms with Crippen molar-refractivity contribution < 1.29 is 23.2 Å². The molecule has 5 heteroatoms. The molecule has 0 fully saturated rings. The Balaban J connectivity index is 0.00000128. The molecule has 2 nitrogen and oxygen atoms in total. The van der Waals surface area contributed by atoms with Crippen LogP contribution in [-0.2, 0) is 23.2 Å². The Kier molecular flexibility index (Phi) is 6.05. The van der Waals surface area contributed by atoms with Crippen molar-refractivity contribution in [1.82, 2.24) is 0 Å². The predicted octanol–water partition coefficient (Wildman–Crippen LogP) is 3.41. The molecule has 2 unspecified atom stereocenters. The van der Waals surface area contributed by atoms with Crippen LogP contribution in [0, 0.1) is 0 Å². The summed E-state index contributed by atoms with van der Waals surface area (Å²) in [6, 6.07) is 0. The molecule has 0 aromatic rings. The fourth-order valence-corrected chi connectivity index (χ4v) is 6.58. The summed E-state index contributed by atoms with van der Waals surface area (Å²) in [5, 5.41) is 0. The minimum Gasteiger partial charge on any atom is -0.147 e. The first kappa shape index (κ1) is 17.3. The van der Waals surface area contributed by atoms with Crippen LogP contribution in [0.4, 0.5) is 0 Å². The molecule has 0 bridgehead atoms. The third kappa shape index (κ3) is 4.15. The molecule has 0 aromatic carbocycles. The monoisotopic (exact) mass is 350 g/mol. The quantitative estimate of drug-likeness (QED) is 0.728. The van der Waals surface area contributed by atoms with Gasteiger partial charge >= 0.3 is 103 Å². The van der Waals surface area contributed by atoms with Crippen molar-refractivity contribution >= 4 is 36.2 Å². The average molecular weight is 352 g/mol. The second kappa shape index (κ2) is 5.95. The smallest absolute Gasteiger partial charge is 0.147 e. The molecule has 0 spiro atoms. The van der Waals surface area contributed by atoms with Crippen LogP contribution < -0.4 is 0 Å². The fraction of sp³-hybridized carbons (Fsp3) is 0.500. The van der Waals surface area contributed by atoms with Crippen molar-refractivity contribution in [3.8, 4) is 0 Å². The number of aliphatic imine (C=N–C) groups is 2. The molecular weight excluding hydrogens is 334 g/mol. The third-order valence-corrected chi connectivity index (χ3v) is 6.48. The molecule has 0 saturated carbocycles. The van der Waals surface area contributed by atoms with E-state index in [2.05, 4.69) is 52.0 Å². The Hall–Kier alpha value is 0.283. The van der Waals surface area contributed by atoms with Gasteiger partial charge in [-0.15, -0.1) is 24.8 Å². The third-order valence-electron chi connectivity index (χ3n) is 2.62. The van der Waals surface area contributed by atoms with Crippen LogP contribution in [0.15, 0.2) is 34.3 Å². The molecule has 0 radical (unpaired) electrons. The van der Waals surface area contributed by atoms with Crippen molar-refractivity contribution in [2.24, 2.45) is 9.98 Å². The average Bonchev–Trinajstić information content (AvgIpc) is 2.57. The van der Waals surface area contributed by atoms with Crippen LogP contribution in [-0.4, -0.2) is 17.9 Å². The number of allylic oxidation sites excluding steroid dienone is 2. The zero-order valence-corrected chi connectivity index (χ0v) is 14.6. The molecule has 17 heavy (non-hydrogen) atoms. The zero-order valence-electron chi connectivity index (χ0n) is 10.5. The molecule has 0 aliphatic carbocycles. The van der Waals surface area contributed by atoms with Gasteiger partial charge in [-0.05, 0) is 0 Å². The van der Waals surface area contributed by atoms with Crippen LogP contribution in [0.3, 0.4) is 0 Å². The first-order valence-electron chi connectivity index (χ1n) is 5.22. The Morgan fingerprint density at radius 1 is 0.882 bits per heavy atom. The van der Waals surface area contributed by atoms with E-state index in [1.54, 1.807) is 0 Å². The number of nitrogens with zero attached hydrogens (tertiary/aromatic N) is 2. The summed E-state index contributed by atoms with van der Waals surface area (Å²) in [6.07, 6.45) is 8.80. The largest absolute Gasteiger partial charge is 0.147 e. The van der Waals surface area contributed by atoms with E-state index in [0.29, 0.717) is 0 Å². The molecule has 2 aliphatic rings. The van der Waals surface area contributed by atoms with E-state index in [1.807, 2.05) is 0 Å². The Labute approximate surface area is 127 Å². The summed E-state index contributed by atoms with van der Waals surface area (Å²) in [6.45, 7) is 8.63. The fourth-order valence-electron chi connectivity index (χ4n) is 2.10. The number of hydrogen-bond donors (Lipinski definition) is 0. The SMILES string of the molecule is CC1=N[C](C)([Zr][C]2(C)C=CC(C)=N2)C=C1.Cl.Cl. The van der Waals surface area contributed by atoms with Gasteiger partial charge in [0.05, 0.1) is 0 Å². The van der Waals surface area contributed by atoms with Crippen LogP contribution in [0.1, 0.15) is 27.7 Å². The molecule has 2 rings (SSSR count). The first-order valence-corrected chi connectivity index (χ1v) is 7.67. The molecule has 2 heterocycles. The minimum atomic E-state index is -0.752. The maximum absolute atomic E-state index is 4.73. The van der Waals surface area contributed by atoms with E-state index < -0.39 is 23.2 Å². The Morgan fingerprint density at radius 2 is 1.24 bits per heavy atom. The van der Waals surface area contributed by atoms with Crippen LogP contribution in [0.2, 0.25) is 0 Å². The van der Waals surface area contributed by atoms with Gasteiger partial charge in [0, 0.05) is 0 Å². The maximum atomic E-state index is 4.73. The molecule has 0 aromatic heterocycles. The number of hydrogen-bond acceptors (Lipinski definition) is 2. The first-order chi connectivity index (χ1) is 6.91. The predicted molar refractivity (Wildman–Crippen MR) is 75.8 cm³/mol. The van der Waals surface area contributed by atoms with Gasteiger partial charge in [0.1, 0.15) is 0 Å². The summed E-state index contributed by atoms with van der Waals surface area (Å²) in [5.74, 6) is 0. The van der Waals surface area contributed by atoms with Crippen molar-refractivity contribution in [1.29, 1.82) is 0 Å². The van der Waals surface area contributed by atoms with Crippen molar-refractivity contribution in [3.05, 3.63) is 24.3 Å². The van der Waals surface area contributed by atoms with E-state index in [9.17, 15) is 0 Å². The molecule has 2 atom stereocenters. The van der Waals surface area contributed by atoms with Gasteiger partial charge in [-0.2, -0.15) is 0 Å². The van der Waals surface area contributed by atoms with E-state index in [-0.39, 0.29) is 31.3 Å². The second-order valence-electron chi connectivity index (χ2n) is 4.59. The van der Waals surface area contributed by atoms with Crippen LogP contribution in [0.25, 0.3) is 0 Å². The van der Waals surface area contributed by atoms with Crippen molar-refractivity contribution in [2.75, 3.05) is 0 Å². The van der Waals surface area contributed by atoms with Crippen LogP contribution >= 0.6 is 24.8 Å². The maximum Gasteiger partial charge on any atom is -0.147 e. The van der Waals surface area contributed by atoms with E-state index >= 15 is 0 Å². The summed E-state index contributed by atoms with van der Waals surface area (Å²) < 4.78 is 0.196. The number of halogens is 2. The van der Waals surface area contributed by atoms with Gasteiger partial charge in [0.2, 0.25) is 0 Å². The van der Waals surface area contributed by atoms with E-state index in [1.165, 1.54) is 0 Å². The summed E-state index contributed by atoms with van der Waals surface area (Å²) in [7, 11) is 0. The van der Waals surface area contributed by atoms with Gasteiger partial charge in [0.25, 0.3) is 0 Å². The Morgan fingerprint density at radius 3 is 1.47 bits per heavy atom. The standard InChI is InChI=1S/2C6H8N.2ClH.Zr/c2*1-5-3-4-6(2)7-5;;;/h2*3-4H,1-2H3;2*1H;. The normalized spacial score (nSPS) is 33.6. The molecule has 94 valence electrons. The van der Waals surface area contributed by atoms with Gasteiger partial charge in [-0.1, -0.05) is 0 Å². The molecular formula is C12H18Cl2N2Zr. The van der Waals surface area contributed by atoms with E-state index in [0.717, 1.165) is 11.4 Å². The molecule has 0 N–H and O–H groups in total. The van der Waals surface area contributed by atoms with Crippen LogP contribution in [0.5, 0.6) is 0 Å². The van der Waals surface area contributed by atoms with E-state index in [4.69, 9.17) is 9.98 Å². The molecule has 0 amide bonds. The summed E-state index contributed by atoms with van der Waals surface area (Å²) >= 11 is -0.752. The van der Waals surface area contributed by atoms with Gasteiger partial charge in [-0.3, -0.25) is 0 Å². The van der Waals surface area contributed by atoms with Crippen molar-refractivity contribution in [3.63, 3.8) is 0 Å². The molecule has 0 saturated heterocycles. The molecule has 2 aliphatic heterocycles. The second-order valence-corrected chi connectivity index (χ2v) is 10.2. The van der Waals surface area contributed by atoms with Gasteiger partial charge in [-0.25, -0.2) is 0 Å². The summed E-state index contributed by atoms with van der Waals surface area (Å²) in [4.78, 5) is 9.46. The van der Waals surface area contributed by atoms with Gasteiger partial charge < -0.3 is 0 Å². The minimum absolute atomic E-state index is 0.